The largest absolute Gasteiger partial charge is 0.393 e. The maximum Gasteiger partial charge on any atom is 0.159 e. The van der Waals surface area contributed by atoms with Gasteiger partial charge in [0.1, 0.15) is 12.0 Å². The Labute approximate surface area is 166 Å². The first-order valence-corrected chi connectivity index (χ1v) is 9.95. The van der Waals surface area contributed by atoms with Crippen LogP contribution in [0.2, 0.25) is 5.02 Å². The molecule has 1 aliphatic heterocycles. The molecule has 1 aromatic heterocycles. The Balaban J connectivity index is 1.66. The van der Waals surface area contributed by atoms with Gasteiger partial charge in [0.25, 0.3) is 0 Å². The Morgan fingerprint density at radius 2 is 2.00 bits per heavy atom. The Bertz CT molecular complexity index is 881. The van der Waals surface area contributed by atoms with Crippen LogP contribution in [0.3, 0.4) is 0 Å². The lowest BCUT2D eigenvalue weighted by atomic mass is 9.65. The van der Waals surface area contributed by atoms with Crippen molar-refractivity contribution in [1.29, 1.82) is 0 Å². The van der Waals surface area contributed by atoms with E-state index in [1.807, 2.05) is 25.1 Å². The van der Waals surface area contributed by atoms with Gasteiger partial charge < -0.3 is 16.0 Å². The van der Waals surface area contributed by atoms with Crippen LogP contribution in [0.25, 0.3) is 0 Å². The molecule has 2 atom stereocenters. The van der Waals surface area contributed by atoms with Gasteiger partial charge in [0, 0.05) is 23.3 Å². The van der Waals surface area contributed by atoms with Crippen LogP contribution in [-0.4, -0.2) is 22.6 Å². The molecule has 5 nitrogen and oxygen atoms in total. The molecule has 144 valence electrons. The summed E-state index contributed by atoms with van der Waals surface area (Å²) in [7, 11) is 0. The number of nitrogens with two attached hydrogens (primary N) is 1. The van der Waals surface area contributed by atoms with E-state index in [-0.39, 0.29) is 0 Å². The summed E-state index contributed by atoms with van der Waals surface area (Å²) in [4.78, 5) is 11.4. The zero-order chi connectivity index (χ0) is 19.4. The molecule has 2 fully saturated rings. The molecular weight excluding hydrogens is 358 g/mol. The molecule has 1 saturated carbocycles. The van der Waals surface area contributed by atoms with Crippen molar-refractivity contribution in [3.8, 4) is 0 Å². The molecular formula is C21H28ClN5. The Morgan fingerprint density at radius 1 is 1.22 bits per heavy atom. The number of rotatable bonds is 3. The number of fused-ring (bicyclic) bond motifs is 2. The van der Waals surface area contributed by atoms with Gasteiger partial charge in [-0.1, -0.05) is 38.4 Å². The van der Waals surface area contributed by atoms with Crippen molar-refractivity contribution >= 4 is 34.6 Å². The van der Waals surface area contributed by atoms with Crippen LogP contribution >= 0.6 is 11.6 Å². The van der Waals surface area contributed by atoms with Crippen LogP contribution in [-0.2, 0) is 0 Å². The molecule has 2 unspecified atom stereocenters. The number of nitrogens with one attached hydrogen (secondary N) is 1. The van der Waals surface area contributed by atoms with Gasteiger partial charge in [0.2, 0.25) is 0 Å². The van der Waals surface area contributed by atoms with Gasteiger partial charge in [-0.25, -0.2) is 9.97 Å². The quantitative estimate of drug-likeness (QED) is 0.762. The van der Waals surface area contributed by atoms with E-state index in [9.17, 15) is 0 Å². The van der Waals surface area contributed by atoms with Crippen molar-refractivity contribution in [2.75, 3.05) is 22.5 Å². The number of hydrogen-bond donors (Lipinski definition) is 2. The maximum absolute atomic E-state index is 6.53. The summed E-state index contributed by atoms with van der Waals surface area (Å²) in [5.74, 6) is 1.48. The molecule has 4 rings (SSSR count). The average Bonchev–Trinajstić information content (AvgIpc) is 2.82. The van der Waals surface area contributed by atoms with Gasteiger partial charge in [-0.3, -0.25) is 0 Å². The molecule has 1 aromatic carbocycles. The number of anilines is 4. The molecule has 0 radical (unpaired) electrons. The van der Waals surface area contributed by atoms with Crippen LogP contribution in [0.4, 0.5) is 23.0 Å². The molecule has 2 bridgehead atoms. The summed E-state index contributed by atoms with van der Waals surface area (Å²) in [5.41, 5.74) is 9.69. The second kappa shape index (κ2) is 6.26. The topological polar surface area (TPSA) is 67.1 Å². The third-order valence-electron chi connectivity index (χ3n) is 6.07. The molecule has 1 saturated heterocycles. The molecule has 2 aliphatic rings. The third kappa shape index (κ3) is 3.33. The van der Waals surface area contributed by atoms with Crippen molar-refractivity contribution in [1.82, 2.24) is 9.97 Å². The van der Waals surface area contributed by atoms with E-state index in [2.05, 4.69) is 41.0 Å². The lowest BCUT2D eigenvalue weighted by Crippen LogP contribution is -2.35. The lowest BCUT2D eigenvalue weighted by Gasteiger charge is -2.39. The standard InChI is InChI=1S/C21H28ClN5/c1-13-15(22)6-5-7-16(13)26-18-17(23)19(25-12-24-18)27-11-21(4)9-14(27)8-20(2,3)10-21/h5-7,12,14H,8-11,23H2,1-4H3,(H,24,25,26). The third-order valence-corrected chi connectivity index (χ3v) is 6.48. The summed E-state index contributed by atoms with van der Waals surface area (Å²) in [5, 5.41) is 4.06. The second-order valence-electron chi connectivity index (χ2n) is 9.34. The van der Waals surface area contributed by atoms with E-state index in [1.54, 1.807) is 6.33 Å². The molecule has 2 heterocycles. The molecule has 1 aliphatic carbocycles. The Hall–Kier alpha value is -2.01. The number of hydrogen-bond acceptors (Lipinski definition) is 5. The lowest BCUT2D eigenvalue weighted by molar-refractivity contribution is 0.136. The molecule has 6 heteroatoms. The summed E-state index contributed by atoms with van der Waals surface area (Å²) in [6.07, 6.45) is 5.21. The minimum atomic E-state index is 0.320. The molecule has 27 heavy (non-hydrogen) atoms. The van der Waals surface area contributed by atoms with Crippen molar-refractivity contribution < 1.29 is 0 Å². The monoisotopic (exact) mass is 385 g/mol. The van der Waals surface area contributed by atoms with Crippen molar-refractivity contribution in [2.45, 2.75) is 53.0 Å². The summed E-state index contributed by atoms with van der Waals surface area (Å²) < 4.78 is 0. The normalized spacial score (nSPS) is 26.3. The Kier molecular flexibility index (Phi) is 4.26. The molecule has 2 aromatic rings. The van der Waals surface area contributed by atoms with Gasteiger partial charge in [0.05, 0.1) is 0 Å². The van der Waals surface area contributed by atoms with Crippen molar-refractivity contribution in [3.63, 3.8) is 0 Å². The van der Waals surface area contributed by atoms with Crippen molar-refractivity contribution in [2.24, 2.45) is 10.8 Å². The zero-order valence-corrected chi connectivity index (χ0v) is 17.3. The van der Waals surface area contributed by atoms with Crippen LogP contribution in [0.5, 0.6) is 0 Å². The first kappa shape index (κ1) is 18.4. The molecule has 3 N–H and O–H groups in total. The summed E-state index contributed by atoms with van der Waals surface area (Å²) >= 11 is 6.25. The first-order chi connectivity index (χ1) is 12.7. The Morgan fingerprint density at radius 3 is 2.78 bits per heavy atom. The number of nitrogen functional groups attached to an aromatic ring is 1. The smallest absolute Gasteiger partial charge is 0.159 e. The maximum atomic E-state index is 6.53. The van der Waals surface area contributed by atoms with E-state index in [0.29, 0.717) is 28.4 Å². The molecule has 0 amide bonds. The fourth-order valence-electron chi connectivity index (χ4n) is 5.29. The van der Waals surface area contributed by atoms with Crippen LogP contribution in [0.1, 0.15) is 45.6 Å². The highest BCUT2D eigenvalue weighted by Crippen LogP contribution is 2.54. The van der Waals surface area contributed by atoms with Gasteiger partial charge >= 0.3 is 0 Å². The van der Waals surface area contributed by atoms with Crippen LogP contribution < -0.4 is 16.0 Å². The van der Waals surface area contributed by atoms with E-state index >= 15 is 0 Å². The minimum Gasteiger partial charge on any atom is -0.393 e. The van der Waals surface area contributed by atoms with E-state index in [0.717, 1.165) is 28.6 Å². The number of benzene rings is 1. The predicted octanol–water partition coefficient (Wildman–Crippen LogP) is 5.17. The highest BCUT2D eigenvalue weighted by Gasteiger charge is 2.50. The summed E-state index contributed by atoms with van der Waals surface area (Å²) in [6.45, 7) is 10.1. The van der Waals surface area contributed by atoms with Gasteiger partial charge in [-0.2, -0.15) is 0 Å². The first-order valence-electron chi connectivity index (χ1n) is 9.57. The molecule has 0 spiro atoms. The van der Waals surface area contributed by atoms with E-state index < -0.39 is 0 Å². The van der Waals surface area contributed by atoms with Crippen LogP contribution in [0.15, 0.2) is 24.5 Å². The number of halogens is 1. The minimum absolute atomic E-state index is 0.320. The second-order valence-corrected chi connectivity index (χ2v) is 9.75. The average molecular weight is 386 g/mol. The highest BCUT2D eigenvalue weighted by molar-refractivity contribution is 6.31. The van der Waals surface area contributed by atoms with E-state index in [4.69, 9.17) is 17.3 Å². The summed E-state index contributed by atoms with van der Waals surface area (Å²) in [6, 6.07) is 6.26. The van der Waals surface area contributed by atoms with Gasteiger partial charge in [-0.15, -0.1) is 0 Å². The number of aromatic nitrogens is 2. The van der Waals surface area contributed by atoms with Gasteiger partial charge in [-0.05, 0) is 54.7 Å². The fourth-order valence-corrected chi connectivity index (χ4v) is 5.47. The van der Waals surface area contributed by atoms with E-state index in [1.165, 1.54) is 19.3 Å². The van der Waals surface area contributed by atoms with Crippen molar-refractivity contribution in [3.05, 3.63) is 35.1 Å². The SMILES string of the molecule is Cc1c(Cl)cccc1Nc1ncnc(N2CC3(C)CC2CC(C)(C)C3)c1N. The number of nitrogens with zero attached hydrogens (tertiary/aromatic N) is 3. The van der Waals surface area contributed by atoms with Crippen LogP contribution in [0, 0.1) is 17.8 Å². The highest BCUT2D eigenvalue weighted by atomic mass is 35.5. The zero-order valence-electron chi connectivity index (χ0n) is 16.5. The van der Waals surface area contributed by atoms with Gasteiger partial charge in [0.15, 0.2) is 11.6 Å². The predicted molar refractivity (Wildman–Crippen MR) is 113 cm³/mol. The fraction of sp³-hybridized carbons (Fsp3) is 0.524.